The van der Waals surface area contributed by atoms with Gasteiger partial charge in [-0.15, -0.1) is 11.3 Å². The molecule has 1 N–H and O–H groups in total. The molecule has 1 saturated heterocycles. The lowest BCUT2D eigenvalue weighted by molar-refractivity contribution is -0.126. The van der Waals surface area contributed by atoms with Gasteiger partial charge < -0.3 is 10.1 Å². The maximum Gasteiger partial charge on any atom is 0.252 e. The molecule has 6 nitrogen and oxygen atoms in total. The molecule has 2 heterocycles. The van der Waals surface area contributed by atoms with Gasteiger partial charge in [0.1, 0.15) is 9.96 Å². The second-order valence-corrected chi connectivity index (χ2v) is 10.5. The average Bonchev–Trinajstić information content (AvgIpc) is 3.15. The highest BCUT2D eigenvalue weighted by Crippen LogP contribution is 2.30. The lowest BCUT2D eigenvalue weighted by atomic mass is 9.98. The highest BCUT2D eigenvalue weighted by molar-refractivity contribution is 7.91. The zero-order valence-corrected chi connectivity index (χ0v) is 17.9. The normalized spacial score (nSPS) is 18.0. The number of carbonyl (C=O) groups excluding carboxylic acids is 1. The van der Waals surface area contributed by atoms with Crippen molar-refractivity contribution in [3.05, 3.63) is 46.3 Å². The Hall–Kier alpha value is -1.61. The first-order valence-electron chi connectivity index (χ1n) is 9.07. The van der Waals surface area contributed by atoms with E-state index in [1.54, 1.807) is 13.2 Å². The second-order valence-electron chi connectivity index (χ2n) is 6.61. The predicted octanol–water partition coefficient (Wildman–Crippen LogP) is 3.17. The summed E-state index contributed by atoms with van der Waals surface area (Å²) in [4.78, 5) is 12.6. The number of carbonyl (C=O) groups is 1. The van der Waals surface area contributed by atoms with Gasteiger partial charge in [-0.2, -0.15) is 4.31 Å². The first kappa shape index (κ1) is 21.1. The van der Waals surface area contributed by atoms with E-state index in [4.69, 9.17) is 16.3 Å². The van der Waals surface area contributed by atoms with E-state index < -0.39 is 10.0 Å². The van der Waals surface area contributed by atoms with Crippen LogP contribution in [0, 0.1) is 5.92 Å². The van der Waals surface area contributed by atoms with Gasteiger partial charge in [0.05, 0.1) is 17.4 Å². The second kappa shape index (κ2) is 9.26. The third-order valence-electron chi connectivity index (χ3n) is 4.78. The number of benzene rings is 1. The van der Waals surface area contributed by atoms with Gasteiger partial charge in [0.2, 0.25) is 5.91 Å². The quantitative estimate of drug-likeness (QED) is 0.714. The number of hydrogen-bond donors (Lipinski definition) is 1. The van der Waals surface area contributed by atoms with E-state index >= 15 is 0 Å². The van der Waals surface area contributed by atoms with Crippen LogP contribution in [0.4, 0.5) is 0 Å². The van der Waals surface area contributed by atoms with Crippen molar-refractivity contribution in [2.24, 2.45) is 5.92 Å². The molecule has 2 aromatic rings. The van der Waals surface area contributed by atoms with Crippen molar-refractivity contribution < 1.29 is 17.9 Å². The summed E-state index contributed by atoms with van der Waals surface area (Å²) in [6.07, 6.45) is 1.98. The van der Waals surface area contributed by atoms with Crippen molar-refractivity contribution in [3.63, 3.8) is 0 Å². The Balaban J connectivity index is 1.57. The van der Waals surface area contributed by atoms with E-state index in [9.17, 15) is 13.2 Å². The maximum atomic E-state index is 12.8. The van der Waals surface area contributed by atoms with Crippen LogP contribution in [0.3, 0.4) is 0 Å². The Kier molecular flexibility index (Phi) is 6.98. The lowest BCUT2D eigenvalue weighted by Crippen LogP contribution is -2.45. The molecule has 1 unspecified atom stereocenters. The van der Waals surface area contributed by atoms with E-state index in [-0.39, 0.29) is 22.6 Å². The van der Waals surface area contributed by atoms with Crippen LogP contribution in [0.5, 0.6) is 5.75 Å². The summed E-state index contributed by atoms with van der Waals surface area (Å²) in [5.74, 6) is 0.330. The van der Waals surface area contributed by atoms with Gasteiger partial charge >= 0.3 is 0 Å². The van der Waals surface area contributed by atoms with Gasteiger partial charge in [-0.25, -0.2) is 8.42 Å². The van der Waals surface area contributed by atoms with Gasteiger partial charge in [-0.05, 0) is 43.0 Å². The number of thiophene rings is 1. The molecule has 0 aliphatic carbocycles. The molecular formula is C19H23ClN2O4S2. The number of rotatable bonds is 7. The van der Waals surface area contributed by atoms with Gasteiger partial charge in [0.15, 0.2) is 0 Å². The van der Waals surface area contributed by atoms with Crippen LogP contribution >= 0.6 is 22.9 Å². The molecule has 1 aromatic heterocycles. The summed E-state index contributed by atoms with van der Waals surface area (Å²) in [6.45, 7) is 1.09. The van der Waals surface area contributed by atoms with E-state index in [0.717, 1.165) is 22.6 Å². The highest BCUT2D eigenvalue weighted by atomic mass is 35.5. The summed E-state index contributed by atoms with van der Waals surface area (Å²) >= 11 is 6.91. The predicted molar refractivity (Wildman–Crippen MR) is 111 cm³/mol. The number of hydrogen-bond acceptors (Lipinski definition) is 5. The third-order valence-corrected chi connectivity index (χ3v) is 8.35. The molecule has 0 radical (unpaired) electrons. The number of sulfonamides is 1. The topological polar surface area (TPSA) is 75.7 Å². The van der Waals surface area contributed by atoms with Crippen molar-refractivity contribution in [3.8, 4) is 5.75 Å². The largest absolute Gasteiger partial charge is 0.496 e. The van der Waals surface area contributed by atoms with Crippen LogP contribution in [0.25, 0.3) is 0 Å². The smallest absolute Gasteiger partial charge is 0.252 e. The van der Waals surface area contributed by atoms with Gasteiger partial charge in [-0.1, -0.05) is 29.8 Å². The molecule has 28 heavy (non-hydrogen) atoms. The van der Waals surface area contributed by atoms with E-state index in [1.165, 1.54) is 10.4 Å². The number of ether oxygens (including phenoxy) is 1. The molecule has 0 saturated carbocycles. The number of para-hydroxylation sites is 1. The molecule has 1 aliphatic heterocycles. The molecule has 1 aromatic carbocycles. The van der Waals surface area contributed by atoms with Crippen LogP contribution in [-0.2, 0) is 21.2 Å². The Labute approximate surface area is 174 Å². The van der Waals surface area contributed by atoms with Crippen molar-refractivity contribution in [1.29, 1.82) is 0 Å². The zero-order chi connectivity index (χ0) is 20.1. The fourth-order valence-corrected chi connectivity index (χ4v) is 6.47. The highest BCUT2D eigenvalue weighted by Gasteiger charge is 2.34. The number of methoxy groups -OCH3 is 1. The Morgan fingerprint density at radius 2 is 2.11 bits per heavy atom. The van der Waals surface area contributed by atoms with E-state index in [1.807, 2.05) is 24.3 Å². The molecule has 1 atom stereocenters. The fraction of sp³-hybridized carbons (Fsp3) is 0.421. The van der Waals surface area contributed by atoms with Crippen LogP contribution in [-0.4, -0.2) is 45.4 Å². The molecule has 1 aliphatic rings. The molecule has 1 amide bonds. The summed E-state index contributed by atoms with van der Waals surface area (Å²) < 4.78 is 32.9. The minimum absolute atomic E-state index is 0.112. The molecule has 0 spiro atoms. The average molecular weight is 443 g/mol. The van der Waals surface area contributed by atoms with Crippen molar-refractivity contribution in [1.82, 2.24) is 9.62 Å². The molecular weight excluding hydrogens is 420 g/mol. The number of nitrogens with zero attached hydrogens (tertiary/aromatic N) is 1. The third kappa shape index (κ3) is 4.86. The van der Waals surface area contributed by atoms with Gasteiger partial charge in [0, 0.05) is 19.6 Å². The minimum Gasteiger partial charge on any atom is -0.496 e. The molecule has 9 heteroatoms. The minimum atomic E-state index is -3.61. The summed E-state index contributed by atoms with van der Waals surface area (Å²) in [5, 5.41) is 2.93. The van der Waals surface area contributed by atoms with Crippen molar-refractivity contribution in [2.75, 3.05) is 26.7 Å². The number of nitrogens with one attached hydrogen (secondary N) is 1. The molecule has 1 fully saturated rings. The zero-order valence-electron chi connectivity index (χ0n) is 15.6. The first-order chi connectivity index (χ1) is 13.4. The SMILES string of the molecule is COc1ccccc1CCNC(=O)C1CCCN(S(=O)(=O)c2ccc(Cl)s2)C1. The molecule has 152 valence electrons. The Bertz CT molecular complexity index is 930. The monoisotopic (exact) mass is 442 g/mol. The Morgan fingerprint density at radius 3 is 2.82 bits per heavy atom. The van der Waals surface area contributed by atoms with Crippen molar-refractivity contribution in [2.45, 2.75) is 23.5 Å². The van der Waals surface area contributed by atoms with Gasteiger partial charge in [0.25, 0.3) is 10.0 Å². The fourth-order valence-electron chi connectivity index (χ4n) is 3.31. The van der Waals surface area contributed by atoms with Gasteiger partial charge in [-0.3, -0.25) is 4.79 Å². The summed E-state index contributed by atoms with van der Waals surface area (Å²) in [7, 11) is -1.99. The standard InChI is InChI=1S/C19H23ClN2O4S2/c1-26-16-7-3-2-5-14(16)10-11-21-19(23)15-6-4-12-22(13-15)28(24,25)18-9-8-17(20)27-18/h2-3,5,7-9,15H,4,6,10-13H2,1H3,(H,21,23). The number of piperidine rings is 1. The van der Waals surface area contributed by atoms with Crippen LogP contribution < -0.4 is 10.1 Å². The van der Waals surface area contributed by atoms with Crippen LogP contribution in [0.1, 0.15) is 18.4 Å². The molecule has 3 rings (SSSR count). The van der Waals surface area contributed by atoms with E-state index in [0.29, 0.717) is 36.7 Å². The number of amides is 1. The first-order valence-corrected chi connectivity index (χ1v) is 11.7. The lowest BCUT2D eigenvalue weighted by Gasteiger charge is -2.30. The van der Waals surface area contributed by atoms with Crippen LogP contribution in [0.2, 0.25) is 4.34 Å². The number of halogens is 1. The molecule has 0 bridgehead atoms. The van der Waals surface area contributed by atoms with Crippen molar-refractivity contribution >= 4 is 38.9 Å². The summed E-state index contributed by atoms with van der Waals surface area (Å²) in [6, 6.07) is 10.8. The summed E-state index contributed by atoms with van der Waals surface area (Å²) in [5.41, 5.74) is 1.02. The van der Waals surface area contributed by atoms with Crippen LogP contribution in [0.15, 0.2) is 40.6 Å². The van der Waals surface area contributed by atoms with E-state index in [2.05, 4.69) is 5.32 Å². The Morgan fingerprint density at radius 1 is 1.32 bits per heavy atom. The maximum absolute atomic E-state index is 12.8.